The van der Waals surface area contributed by atoms with Crippen molar-refractivity contribution in [3.63, 3.8) is 0 Å². The number of methoxy groups -OCH3 is 2. The summed E-state index contributed by atoms with van der Waals surface area (Å²) in [4.78, 5) is 51.7. The van der Waals surface area contributed by atoms with Crippen molar-refractivity contribution in [3.8, 4) is 34.0 Å². The molecule has 3 aliphatic rings. The minimum absolute atomic E-state index is 0.0435. The Balaban J connectivity index is 0.000000212. The van der Waals surface area contributed by atoms with Gasteiger partial charge < -0.3 is 34.3 Å². The van der Waals surface area contributed by atoms with Gasteiger partial charge in [-0.25, -0.2) is 22.7 Å². The van der Waals surface area contributed by atoms with E-state index in [1.807, 2.05) is 69.8 Å². The van der Waals surface area contributed by atoms with Crippen LogP contribution in [0.2, 0.25) is 0 Å². The Morgan fingerprint density at radius 2 is 1.28 bits per heavy atom. The molecule has 2 saturated carbocycles. The maximum absolute atomic E-state index is 13.3. The van der Waals surface area contributed by atoms with Crippen molar-refractivity contribution in [3.05, 3.63) is 107 Å². The predicted molar refractivity (Wildman–Crippen MR) is 317 cm³/mol. The average molecular weight is 1150 g/mol. The molecule has 18 nitrogen and oxygen atoms in total. The molecule has 2 aromatic heterocycles. The highest BCUT2D eigenvalue weighted by molar-refractivity contribution is 7.89. The number of ketones is 1. The van der Waals surface area contributed by atoms with Gasteiger partial charge in [-0.3, -0.25) is 14.4 Å². The first-order valence-corrected chi connectivity index (χ1v) is 31.6. The second-order valence-electron chi connectivity index (χ2n) is 21.8. The van der Waals surface area contributed by atoms with Gasteiger partial charge in [0.05, 0.1) is 36.7 Å². The molecule has 2 amide bonds. The first-order valence-electron chi connectivity index (χ1n) is 28.5. The third kappa shape index (κ3) is 14.9. The molecule has 0 radical (unpaired) electrons. The number of unbranched alkanes of at least 4 members (excludes halogenated alkanes) is 2. The molecule has 436 valence electrons. The number of carboxylic acids is 1. The van der Waals surface area contributed by atoms with Gasteiger partial charge in [-0.15, -0.1) is 0 Å². The fourth-order valence-electron chi connectivity index (χ4n) is 11.9. The number of fused-ring (bicyclic) bond motifs is 2. The second-order valence-corrected chi connectivity index (χ2v) is 25.5. The maximum Gasteiger partial charge on any atom is 0.335 e. The third-order valence-electron chi connectivity index (χ3n) is 16.3. The number of nitrogens with zero attached hydrogens (tertiary/aromatic N) is 4. The zero-order valence-electron chi connectivity index (χ0n) is 47.2. The molecule has 2 fully saturated rings. The van der Waals surface area contributed by atoms with Gasteiger partial charge in [-0.2, -0.15) is 12.7 Å². The molecule has 0 atom stereocenters. The number of carbonyl (C=O) groups excluding carboxylic acids is 3. The van der Waals surface area contributed by atoms with Crippen LogP contribution in [0, 0.1) is 0 Å². The second kappa shape index (κ2) is 27.5. The standard InChI is InChI=1S/C31H39N3O5S.C30H40N4O6S/c1-33-18-8-4-7-17-32-29(36)20-34-27-19-24(28(35)21-40(33,37)38)13-16-26(27)30(22-9-5-3-6-10-22)31(34)23-11-14-25(39-2)15-12-23;1-33(41(31,38)39)18-8-4-7-17-32-27(35)20-34-26-19-23(30(36)37)13-16-25(26)28(21-9-5-3-6-10-21)29(34)22-11-14-24(40-2)15-12-22/h11-16,19,22H,3-10,17-18,20-21H2,1-2H3,(H,32,36);11-16,19,21H,3-10,17-18,20H2,1-2H3,(H,32,35)(H,36,37)(H2,31,38,39). The molecule has 4 aromatic carbocycles. The van der Waals surface area contributed by atoms with E-state index in [-0.39, 0.29) is 30.5 Å². The van der Waals surface area contributed by atoms with Gasteiger partial charge in [-0.05, 0) is 152 Å². The first kappa shape index (κ1) is 60.5. The van der Waals surface area contributed by atoms with Crippen molar-refractivity contribution in [1.82, 2.24) is 28.4 Å². The van der Waals surface area contributed by atoms with Crippen LogP contribution in [-0.4, -0.2) is 124 Å². The summed E-state index contributed by atoms with van der Waals surface area (Å²) in [6, 6.07) is 26.4. The molecular formula is C61H79N7O11S2. The Morgan fingerprint density at radius 1 is 0.728 bits per heavy atom. The summed E-state index contributed by atoms with van der Waals surface area (Å²) >= 11 is 0. The number of carboxylic acid groups (broad SMARTS) is 1. The quantitative estimate of drug-likeness (QED) is 0.0665. The lowest BCUT2D eigenvalue weighted by Crippen LogP contribution is -2.34. The molecule has 2 aliphatic carbocycles. The molecular weight excluding hydrogens is 1070 g/mol. The normalized spacial score (nSPS) is 17.2. The third-order valence-corrected chi connectivity index (χ3v) is 19.1. The topological polar surface area (TPSA) is 242 Å². The number of amides is 2. The van der Waals surface area contributed by atoms with Crippen molar-refractivity contribution in [2.75, 3.05) is 60.2 Å². The van der Waals surface area contributed by atoms with E-state index in [0.717, 1.165) is 131 Å². The summed E-state index contributed by atoms with van der Waals surface area (Å²) in [5.41, 5.74) is 8.28. The SMILES string of the molecule is COc1ccc(-c2c(C3CCCCC3)c3ccc(C(=O)O)cc3n2CC(=O)NCCCCCN(C)S(N)(=O)=O)cc1.COc1ccc(-c2c(C3CCCCC3)c3ccc4cc3n2CC(=O)NCCCCCN(C)S(=O)(=O)CC4=O)cc1. The number of hydrogen-bond donors (Lipinski definition) is 4. The van der Waals surface area contributed by atoms with E-state index in [4.69, 9.17) is 14.6 Å². The largest absolute Gasteiger partial charge is 0.497 e. The number of Topliss-reactive ketones (excluding diaryl/α,β-unsaturated/α-hetero) is 1. The molecule has 2 bridgehead atoms. The molecule has 3 heterocycles. The summed E-state index contributed by atoms with van der Waals surface area (Å²) in [6.45, 7) is 1.81. The van der Waals surface area contributed by atoms with Crippen LogP contribution in [0.25, 0.3) is 44.3 Å². The summed E-state index contributed by atoms with van der Waals surface area (Å²) < 4.78 is 65.7. The van der Waals surface area contributed by atoms with Crippen LogP contribution in [-0.2, 0) is 42.9 Å². The molecule has 6 aromatic rings. The number of ether oxygens (including phenoxy) is 2. The zero-order valence-corrected chi connectivity index (χ0v) is 48.8. The van der Waals surface area contributed by atoms with Crippen LogP contribution in [0.15, 0.2) is 84.9 Å². The van der Waals surface area contributed by atoms with Gasteiger partial charge >= 0.3 is 5.97 Å². The van der Waals surface area contributed by atoms with Crippen molar-refractivity contribution in [1.29, 1.82) is 0 Å². The Hall–Kier alpha value is -6.58. The number of nitrogens with one attached hydrogen (secondary N) is 2. The lowest BCUT2D eigenvalue weighted by molar-refractivity contribution is -0.122. The number of aromatic nitrogens is 2. The predicted octanol–water partition coefficient (Wildman–Crippen LogP) is 9.59. The molecule has 1 aliphatic heterocycles. The van der Waals surface area contributed by atoms with Gasteiger partial charge in [0.2, 0.25) is 21.8 Å². The van der Waals surface area contributed by atoms with E-state index in [0.29, 0.717) is 62.8 Å². The van der Waals surface area contributed by atoms with Gasteiger partial charge in [0.15, 0.2) is 5.78 Å². The molecule has 9 rings (SSSR count). The number of aromatic carboxylic acids is 1. The van der Waals surface area contributed by atoms with Gasteiger partial charge in [0.25, 0.3) is 10.2 Å². The van der Waals surface area contributed by atoms with Crippen LogP contribution >= 0.6 is 0 Å². The Bertz CT molecular complexity index is 3420. The smallest absolute Gasteiger partial charge is 0.335 e. The lowest BCUT2D eigenvalue weighted by Gasteiger charge is -2.24. The van der Waals surface area contributed by atoms with E-state index in [2.05, 4.69) is 10.6 Å². The molecule has 0 spiro atoms. The van der Waals surface area contributed by atoms with Crippen LogP contribution < -0.4 is 25.2 Å². The fourth-order valence-corrected chi connectivity index (χ4v) is 13.4. The van der Waals surface area contributed by atoms with Crippen molar-refractivity contribution < 1.29 is 50.6 Å². The van der Waals surface area contributed by atoms with Gasteiger partial charge in [0, 0.05) is 62.1 Å². The number of nitrogens with two attached hydrogens (primary N) is 1. The van der Waals surface area contributed by atoms with E-state index in [1.165, 1.54) is 42.4 Å². The van der Waals surface area contributed by atoms with Crippen LogP contribution in [0.4, 0.5) is 0 Å². The Kier molecular flexibility index (Phi) is 20.5. The highest BCUT2D eigenvalue weighted by atomic mass is 32.2. The van der Waals surface area contributed by atoms with E-state index >= 15 is 0 Å². The lowest BCUT2D eigenvalue weighted by atomic mass is 9.81. The van der Waals surface area contributed by atoms with E-state index < -0.39 is 37.7 Å². The molecule has 5 N–H and O–H groups in total. The highest BCUT2D eigenvalue weighted by Crippen LogP contribution is 2.46. The highest BCUT2D eigenvalue weighted by Gasteiger charge is 2.31. The monoisotopic (exact) mass is 1150 g/mol. The van der Waals surface area contributed by atoms with Crippen LogP contribution in [0.3, 0.4) is 0 Å². The maximum atomic E-state index is 13.3. The summed E-state index contributed by atoms with van der Waals surface area (Å²) in [7, 11) is -1.20. The first-order chi connectivity index (χ1) is 38.9. The van der Waals surface area contributed by atoms with Gasteiger partial charge in [-0.1, -0.05) is 69.6 Å². The average Bonchev–Trinajstić information content (AvgIpc) is 3.99. The Morgan fingerprint density at radius 3 is 1.88 bits per heavy atom. The van der Waals surface area contributed by atoms with Crippen molar-refractivity contribution in [2.45, 2.75) is 128 Å². The minimum atomic E-state index is -3.73. The molecule has 0 unspecified atom stereocenters. The molecule has 81 heavy (non-hydrogen) atoms. The number of benzene rings is 4. The number of rotatable bonds is 16. The molecule has 0 saturated heterocycles. The number of hydrogen-bond acceptors (Lipinski definition) is 10. The summed E-state index contributed by atoms with van der Waals surface area (Å²) in [5, 5.41) is 22.9. The van der Waals surface area contributed by atoms with Gasteiger partial charge in [0.1, 0.15) is 30.3 Å². The number of carbonyl (C=O) groups is 4. The van der Waals surface area contributed by atoms with E-state index in [1.54, 1.807) is 38.5 Å². The summed E-state index contributed by atoms with van der Waals surface area (Å²) in [6.07, 6.45) is 15.5. The van der Waals surface area contributed by atoms with E-state index in [9.17, 15) is 41.1 Å². The zero-order chi connectivity index (χ0) is 57.8. The molecule has 20 heteroatoms. The minimum Gasteiger partial charge on any atom is -0.497 e. The van der Waals surface area contributed by atoms with Crippen molar-refractivity contribution >= 4 is 65.6 Å². The van der Waals surface area contributed by atoms with Crippen LogP contribution in [0.1, 0.15) is 146 Å². The Labute approximate surface area is 476 Å². The number of sulfonamides is 1. The van der Waals surface area contributed by atoms with Crippen LogP contribution in [0.5, 0.6) is 11.5 Å². The fraction of sp³-hybridized carbons (Fsp3) is 0.475. The van der Waals surface area contributed by atoms with Crippen molar-refractivity contribution in [2.24, 2.45) is 5.14 Å². The summed E-state index contributed by atoms with van der Waals surface area (Å²) in [5.74, 6) is -0.135.